The summed E-state index contributed by atoms with van der Waals surface area (Å²) in [6.45, 7) is 13.1. The zero-order chi connectivity index (χ0) is 36.6. The zero-order valence-electron chi connectivity index (χ0n) is 30.3. The van der Waals surface area contributed by atoms with Crippen LogP contribution in [0.1, 0.15) is 66.4 Å². The third-order valence-electron chi connectivity index (χ3n) is 10.4. The lowest BCUT2D eigenvalue weighted by Gasteiger charge is -2.38. The number of nitrogens with zero attached hydrogens (tertiary/aromatic N) is 4. The molecule has 1 amide bonds. The molecular weight excluding hydrogens is 687 g/mol. The maximum Gasteiger partial charge on any atom is 0.417 e. The number of aromatic nitrogens is 3. The highest BCUT2D eigenvalue weighted by Gasteiger charge is 2.42. The second-order valence-electron chi connectivity index (χ2n) is 14.1. The summed E-state index contributed by atoms with van der Waals surface area (Å²) in [7, 11) is -0.763. The Morgan fingerprint density at radius 1 is 1.08 bits per heavy atom. The van der Waals surface area contributed by atoms with Gasteiger partial charge in [-0.05, 0) is 65.7 Å². The van der Waals surface area contributed by atoms with Gasteiger partial charge < -0.3 is 14.2 Å². The van der Waals surface area contributed by atoms with Crippen molar-refractivity contribution in [2.24, 2.45) is 0 Å². The topological polar surface area (TPSA) is 86.7 Å². The number of amides is 1. The predicted octanol–water partition coefficient (Wildman–Crippen LogP) is 9.69. The molecule has 2 aromatic carbocycles. The van der Waals surface area contributed by atoms with E-state index in [1.807, 2.05) is 6.08 Å². The van der Waals surface area contributed by atoms with E-state index in [9.17, 15) is 4.79 Å². The smallest absolute Gasteiger partial charge is 0.417 e. The summed E-state index contributed by atoms with van der Waals surface area (Å²) in [4.78, 5) is 28.7. The number of hydrogen-bond acceptors (Lipinski definition) is 8. The molecule has 2 aliphatic rings. The first kappa shape index (κ1) is 36.7. The average molecular weight is 731 g/mol. The summed E-state index contributed by atoms with van der Waals surface area (Å²) in [5.74, 6) is 2.32. The van der Waals surface area contributed by atoms with Gasteiger partial charge in [0.25, 0.3) is 0 Å². The Morgan fingerprint density at radius 2 is 1.82 bits per heavy atom. The number of carbonyl (C=O) groups is 1. The van der Waals surface area contributed by atoms with Crippen LogP contribution >= 0.6 is 11.8 Å². The van der Waals surface area contributed by atoms with E-state index in [1.54, 1.807) is 29.4 Å². The molecule has 268 valence electrons. The zero-order valence-corrected chi connectivity index (χ0v) is 32.2. The molecule has 2 aliphatic heterocycles. The first-order chi connectivity index (χ1) is 24.4. The number of hydrogen-bond donors (Lipinski definition) is 0. The highest BCUT2D eigenvalue weighted by molar-refractivity contribution is 7.98. The molecule has 12 heteroatoms. The SMILES string of the molecule is COCOc1cc(-c2ncc3c(OC(=O)N4C5C=CCC4CC5)nc(SC)nc3c2F)c2c(C#C[Si](C(C)C)(C(C)C)C(C)C)c(F)ccc2c1. The second-order valence-corrected chi connectivity index (χ2v) is 20.5. The molecule has 0 aliphatic carbocycles. The summed E-state index contributed by atoms with van der Waals surface area (Å²) in [5, 5.41) is 1.38. The molecule has 0 spiro atoms. The van der Waals surface area contributed by atoms with Crippen LogP contribution < -0.4 is 9.47 Å². The average Bonchev–Trinajstić information content (AvgIpc) is 3.35. The second kappa shape index (κ2) is 14.9. The van der Waals surface area contributed by atoms with E-state index in [2.05, 4.69) is 74.0 Å². The maximum absolute atomic E-state index is 17.0. The predicted molar refractivity (Wildman–Crippen MR) is 201 cm³/mol. The number of halogens is 2. The van der Waals surface area contributed by atoms with Crippen molar-refractivity contribution < 1.29 is 27.8 Å². The van der Waals surface area contributed by atoms with Crippen LogP contribution in [0.5, 0.6) is 11.6 Å². The van der Waals surface area contributed by atoms with Gasteiger partial charge in [-0.25, -0.2) is 18.6 Å². The van der Waals surface area contributed by atoms with Gasteiger partial charge in [0.05, 0.1) is 17.0 Å². The third-order valence-corrected chi connectivity index (χ3v) is 17.3. The molecule has 2 aromatic heterocycles. The minimum atomic E-state index is -2.27. The highest BCUT2D eigenvalue weighted by atomic mass is 32.2. The Bertz CT molecular complexity index is 2060. The number of thioether (sulfide) groups is 1. The molecule has 2 bridgehead atoms. The molecule has 0 N–H and O–H groups in total. The molecular formula is C39H44F2N4O4SSi. The monoisotopic (exact) mass is 730 g/mol. The van der Waals surface area contributed by atoms with Crippen molar-refractivity contribution in [1.82, 2.24) is 19.9 Å². The van der Waals surface area contributed by atoms with Gasteiger partial charge in [0.2, 0.25) is 5.88 Å². The van der Waals surface area contributed by atoms with E-state index in [4.69, 9.17) is 14.2 Å². The van der Waals surface area contributed by atoms with Crippen LogP contribution in [0.3, 0.4) is 0 Å². The van der Waals surface area contributed by atoms with Crippen molar-refractivity contribution in [1.29, 1.82) is 0 Å². The first-order valence-corrected chi connectivity index (χ1v) is 20.8. The lowest BCUT2D eigenvalue weighted by molar-refractivity contribution is 0.0512. The van der Waals surface area contributed by atoms with Gasteiger partial charge in [0.1, 0.15) is 30.9 Å². The summed E-state index contributed by atoms with van der Waals surface area (Å²) in [6, 6.07) is 6.40. The fourth-order valence-corrected chi connectivity index (χ4v) is 13.6. The van der Waals surface area contributed by atoms with Crippen molar-refractivity contribution in [3.05, 3.63) is 59.8 Å². The lowest BCUT2D eigenvalue weighted by atomic mass is 9.96. The van der Waals surface area contributed by atoms with Gasteiger partial charge in [0.15, 0.2) is 17.8 Å². The molecule has 0 radical (unpaired) electrons. The fraction of sp³-hybridized carbons (Fsp3) is 0.436. The Morgan fingerprint density at radius 3 is 2.49 bits per heavy atom. The van der Waals surface area contributed by atoms with Crippen molar-refractivity contribution in [2.45, 2.75) is 94.7 Å². The van der Waals surface area contributed by atoms with Crippen LogP contribution in [0.4, 0.5) is 13.6 Å². The highest BCUT2D eigenvalue weighted by Crippen LogP contribution is 2.42. The van der Waals surface area contributed by atoms with Crippen molar-refractivity contribution in [3.63, 3.8) is 0 Å². The van der Waals surface area contributed by atoms with Crippen LogP contribution in [-0.4, -0.2) is 66.3 Å². The van der Waals surface area contributed by atoms with Crippen LogP contribution in [0.2, 0.25) is 16.6 Å². The first-order valence-electron chi connectivity index (χ1n) is 17.4. The fourth-order valence-electron chi connectivity index (χ4n) is 8.05. The van der Waals surface area contributed by atoms with Crippen molar-refractivity contribution in [2.75, 3.05) is 20.2 Å². The molecule has 2 atom stereocenters. The minimum Gasteiger partial charge on any atom is -0.468 e. The van der Waals surface area contributed by atoms with Gasteiger partial charge in [-0.3, -0.25) is 9.88 Å². The summed E-state index contributed by atoms with van der Waals surface area (Å²) >= 11 is 1.20. The number of ether oxygens (including phenoxy) is 3. The van der Waals surface area contributed by atoms with Crippen LogP contribution in [0, 0.1) is 23.1 Å². The van der Waals surface area contributed by atoms with E-state index in [0.29, 0.717) is 33.1 Å². The minimum absolute atomic E-state index is 0.0427. The Balaban J connectivity index is 1.55. The number of fused-ring (bicyclic) bond motifs is 4. The molecule has 51 heavy (non-hydrogen) atoms. The lowest BCUT2D eigenvalue weighted by Crippen LogP contribution is -2.43. The van der Waals surface area contributed by atoms with E-state index < -0.39 is 25.8 Å². The van der Waals surface area contributed by atoms with Crippen molar-refractivity contribution in [3.8, 4) is 34.4 Å². The Hall–Kier alpha value is -4.05. The largest absolute Gasteiger partial charge is 0.468 e. The molecule has 2 unspecified atom stereocenters. The quantitative estimate of drug-likeness (QED) is 0.0420. The van der Waals surface area contributed by atoms with E-state index in [1.165, 1.54) is 31.1 Å². The van der Waals surface area contributed by atoms with Gasteiger partial charge >= 0.3 is 6.09 Å². The molecule has 1 fully saturated rings. The van der Waals surface area contributed by atoms with Gasteiger partial charge in [-0.2, -0.15) is 4.98 Å². The van der Waals surface area contributed by atoms with Crippen LogP contribution in [0.15, 0.2) is 47.8 Å². The normalized spacial score (nSPS) is 17.2. The van der Waals surface area contributed by atoms with Gasteiger partial charge in [-0.15, -0.1) is 5.54 Å². The van der Waals surface area contributed by atoms with Crippen LogP contribution in [0.25, 0.3) is 32.9 Å². The maximum atomic E-state index is 17.0. The Kier molecular flexibility index (Phi) is 10.7. The van der Waals surface area contributed by atoms with Crippen LogP contribution in [-0.2, 0) is 4.74 Å². The van der Waals surface area contributed by atoms with Crippen molar-refractivity contribution >= 4 is 47.6 Å². The molecule has 4 aromatic rings. The third kappa shape index (κ3) is 6.72. The van der Waals surface area contributed by atoms with E-state index in [0.717, 1.165) is 19.3 Å². The number of pyridine rings is 1. The standard InChI is InChI=1S/C39H44F2N4O4SSi/c1-22(2)51(23(3)4,24(5)6)17-16-29-32(40)15-12-25-18-28(48-21-47-7)19-30(33(25)29)35-34(41)36-31(20-42-35)37(44-38(43-36)50-8)49-39(46)45-26-10-9-11-27(45)14-13-26/h9-10,12,15,18-20,22-24,26-27H,11,13-14,21H2,1-8H3. The van der Waals surface area contributed by atoms with Gasteiger partial charge in [-0.1, -0.05) is 77.4 Å². The molecule has 1 saturated heterocycles. The van der Waals surface area contributed by atoms with E-state index >= 15 is 8.78 Å². The molecule has 4 heterocycles. The summed E-state index contributed by atoms with van der Waals surface area (Å²) in [5.41, 5.74) is 4.92. The van der Waals surface area contributed by atoms with Gasteiger partial charge in [0, 0.05) is 30.3 Å². The summed E-state index contributed by atoms with van der Waals surface area (Å²) in [6.07, 6.45) is 9.24. The number of carbonyl (C=O) groups excluding carboxylic acids is 1. The summed E-state index contributed by atoms with van der Waals surface area (Å²) < 4.78 is 49.8. The number of rotatable bonds is 9. The molecule has 6 rings (SSSR count). The number of benzene rings is 2. The molecule has 0 saturated carbocycles. The van der Waals surface area contributed by atoms with E-state index in [-0.39, 0.29) is 57.6 Å². The number of methoxy groups -OCH3 is 1. The molecule has 8 nitrogen and oxygen atoms in total. The Labute approximate surface area is 303 Å².